The first-order valence-corrected chi connectivity index (χ1v) is 7.27. The second kappa shape index (κ2) is 5.02. The molecule has 2 unspecified atom stereocenters. The Balaban J connectivity index is 1.64. The van der Waals surface area contributed by atoms with Crippen molar-refractivity contribution in [2.24, 2.45) is 0 Å². The predicted octanol–water partition coefficient (Wildman–Crippen LogP) is 2.67. The first-order valence-electron chi connectivity index (χ1n) is 7.27. The molecular weight excluding hydrogens is 220 g/mol. The Morgan fingerprint density at radius 3 is 3.00 bits per heavy atom. The van der Waals surface area contributed by atoms with Gasteiger partial charge in [0, 0.05) is 18.6 Å². The smallest absolute Gasteiger partial charge is 0.0326 e. The fraction of sp³-hybridized carbons (Fsp3) is 0.625. The highest BCUT2D eigenvalue weighted by Crippen LogP contribution is 2.32. The van der Waals surface area contributed by atoms with Gasteiger partial charge in [-0.25, -0.2) is 0 Å². The van der Waals surface area contributed by atoms with Gasteiger partial charge in [0.25, 0.3) is 0 Å². The van der Waals surface area contributed by atoms with Crippen LogP contribution in [0.3, 0.4) is 0 Å². The van der Waals surface area contributed by atoms with Crippen molar-refractivity contribution >= 4 is 0 Å². The van der Waals surface area contributed by atoms with Crippen LogP contribution in [0, 0.1) is 6.92 Å². The molecule has 1 aliphatic heterocycles. The summed E-state index contributed by atoms with van der Waals surface area (Å²) in [5.41, 5.74) is 4.49. The van der Waals surface area contributed by atoms with Crippen molar-refractivity contribution in [2.45, 2.75) is 44.7 Å². The molecule has 2 atom stereocenters. The van der Waals surface area contributed by atoms with Crippen molar-refractivity contribution in [1.82, 2.24) is 10.2 Å². The molecule has 2 heteroatoms. The number of rotatable bonds is 3. The van der Waals surface area contributed by atoms with Gasteiger partial charge in [0.2, 0.25) is 0 Å². The van der Waals surface area contributed by atoms with Gasteiger partial charge >= 0.3 is 0 Å². The molecule has 18 heavy (non-hydrogen) atoms. The standard InChI is InChI=1S/C16H24N2/c1-12-5-6-13-7-8-16(15(13)10-12)17-11-14-4-3-9-18(14)2/h5-6,10,14,16-17H,3-4,7-9,11H2,1-2H3. The molecule has 0 aromatic heterocycles. The largest absolute Gasteiger partial charge is 0.308 e. The number of hydrogen-bond donors (Lipinski definition) is 1. The monoisotopic (exact) mass is 244 g/mol. The molecule has 2 aliphatic rings. The zero-order valence-electron chi connectivity index (χ0n) is 11.6. The van der Waals surface area contributed by atoms with Crippen LogP contribution in [0.25, 0.3) is 0 Å². The van der Waals surface area contributed by atoms with Crippen molar-refractivity contribution in [2.75, 3.05) is 20.1 Å². The molecule has 0 radical (unpaired) electrons. The lowest BCUT2D eigenvalue weighted by Gasteiger charge is -2.23. The highest BCUT2D eigenvalue weighted by Gasteiger charge is 2.25. The molecule has 0 saturated carbocycles. The molecule has 0 bridgehead atoms. The topological polar surface area (TPSA) is 15.3 Å². The van der Waals surface area contributed by atoms with E-state index in [1.165, 1.54) is 37.8 Å². The summed E-state index contributed by atoms with van der Waals surface area (Å²) in [5.74, 6) is 0. The van der Waals surface area contributed by atoms with Crippen LogP contribution in [0.4, 0.5) is 0 Å². The molecule has 98 valence electrons. The van der Waals surface area contributed by atoms with E-state index in [9.17, 15) is 0 Å². The molecule has 1 aliphatic carbocycles. The van der Waals surface area contributed by atoms with Crippen LogP contribution in [0.15, 0.2) is 18.2 Å². The van der Waals surface area contributed by atoms with Gasteiger partial charge < -0.3 is 10.2 Å². The van der Waals surface area contributed by atoms with Gasteiger partial charge in [-0.2, -0.15) is 0 Å². The Bertz CT molecular complexity index is 427. The average Bonchev–Trinajstić information content (AvgIpc) is 2.93. The third kappa shape index (κ3) is 2.32. The minimum atomic E-state index is 0.592. The normalized spacial score (nSPS) is 27.7. The van der Waals surface area contributed by atoms with E-state index in [1.807, 2.05) is 0 Å². The molecule has 1 N–H and O–H groups in total. The van der Waals surface area contributed by atoms with Gasteiger partial charge in [-0.05, 0) is 57.3 Å². The zero-order chi connectivity index (χ0) is 12.5. The SMILES string of the molecule is Cc1ccc2c(c1)C(NCC1CCCN1C)CC2. The van der Waals surface area contributed by atoms with E-state index in [0.717, 1.165) is 12.6 Å². The Labute approximate surface area is 110 Å². The molecular formula is C16H24N2. The number of benzene rings is 1. The minimum absolute atomic E-state index is 0.592. The first kappa shape index (κ1) is 12.2. The zero-order valence-corrected chi connectivity index (χ0v) is 11.6. The summed E-state index contributed by atoms with van der Waals surface area (Å²) in [6.45, 7) is 4.61. The Kier molecular flexibility index (Phi) is 3.40. The van der Waals surface area contributed by atoms with E-state index < -0.39 is 0 Å². The van der Waals surface area contributed by atoms with Crippen LogP contribution in [0.5, 0.6) is 0 Å². The molecule has 1 heterocycles. The van der Waals surface area contributed by atoms with Crippen LogP contribution in [-0.2, 0) is 6.42 Å². The fourth-order valence-electron chi connectivity index (χ4n) is 3.45. The second-order valence-corrected chi connectivity index (χ2v) is 5.98. The third-order valence-corrected chi connectivity index (χ3v) is 4.65. The highest BCUT2D eigenvalue weighted by molar-refractivity contribution is 5.37. The summed E-state index contributed by atoms with van der Waals surface area (Å²) < 4.78 is 0. The highest BCUT2D eigenvalue weighted by atomic mass is 15.2. The van der Waals surface area contributed by atoms with Crippen molar-refractivity contribution in [3.8, 4) is 0 Å². The van der Waals surface area contributed by atoms with Gasteiger partial charge in [0.15, 0.2) is 0 Å². The van der Waals surface area contributed by atoms with Crippen LogP contribution < -0.4 is 5.32 Å². The van der Waals surface area contributed by atoms with Crippen molar-refractivity contribution in [3.63, 3.8) is 0 Å². The van der Waals surface area contributed by atoms with E-state index in [2.05, 4.69) is 42.4 Å². The quantitative estimate of drug-likeness (QED) is 0.879. The number of fused-ring (bicyclic) bond motifs is 1. The summed E-state index contributed by atoms with van der Waals surface area (Å²) in [6, 6.07) is 8.27. The average molecular weight is 244 g/mol. The van der Waals surface area contributed by atoms with Crippen LogP contribution in [0.1, 0.15) is 42.0 Å². The van der Waals surface area contributed by atoms with E-state index in [1.54, 1.807) is 11.1 Å². The maximum atomic E-state index is 3.80. The minimum Gasteiger partial charge on any atom is -0.308 e. The molecule has 1 saturated heterocycles. The Morgan fingerprint density at radius 1 is 1.33 bits per heavy atom. The first-order chi connectivity index (χ1) is 8.74. The summed E-state index contributed by atoms with van der Waals surface area (Å²) in [5, 5.41) is 3.80. The molecule has 1 aromatic rings. The molecule has 0 spiro atoms. The number of hydrogen-bond acceptors (Lipinski definition) is 2. The van der Waals surface area contributed by atoms with Gasteiger partial charge in [-0.1, -0.05) is 23.8 Å². The lowest BCUT2D eigenvalue weighted by molar-refractivity contribution is 0.291. The summed E-state index contributed by atoms with van der Waals surface area (Å²) >= 11 is 0. The summed E-state index contributed by atoms with van der Waals surface area (Å²) in [4.78, 5) is 2.50. The van der Waals surface area contributed by atoms with Gasteiger partial charge in [-0.3, -0.25) is 0 Å². The van der Waals surface area contributed by atoms with Crippen molar-refractivity contribution in [3.05, 3.63) is 34.9 Å². The van der Waals surface area contributed by atoms with E-state index in [0.29, 0.717) is 6.04 Å². The molecule has 2 nitrogen and oxygen atoms in total. The summed E-state index contributed by atoms with van der Waals surface area (Å²) in [6.07, 6.45) is 5.24. The third-order valence-electron chi connectivity index (χ3n) is 4.65. The van der Waals surface area contributed by atoms with Crippen LogP contribution in [-0.4, -0.2) is 31.1 Å². The number of nitrogens with zero attached hydrogens (tertiary/aromatic N) is 1. The lowest BCUT2D eigenvalue weighted by atomic mass is 10.0. The van der Waals surface area contributed by atoms with Crippen LogP contribution >= 0.6 is 0 Å². The van der Waals surface area contributed by atoms with Gasteiger partial charge in [0.05, 0.1) is 0 Å². The maximum Gasteiger partial charge on any atom is 0.0326 e. The van der Waals surface area contributed by atoms with Crippen molar-refractivity contribution in [1.29, 1.82) is 0 Å². The van der Waals surface area contributed by atoms with Crippen molar-refractivity contribution < 1.29 is 0 Å². The Hall–Kier alpha value is -0.860. The summed E-state index contributed by atoms with van der Waals surface area (Å²) in [7, 11) is 2.26. The second-order valence-electron chi connectivity index (χ2n) is 5.98. The van der Waals surface area contributed by atoms with Crippen LogP contribution in [0.2, 0.25) is 0 Å². The van der Waals surface area contributed by atoms with E-state index in [-0.39, 0.29) is 0 Å². The van der Waals surface area contributed by atoms with E-state index >= 15 is 0 Å². The lowest BCUT2D eigenvalue weighted by Crippen LogP contribution is -2.36. The molecule has 0 amide bonds. The number of aryl methyl sites for hydroxylation is 2. The number of likely N-dealkylation sites (N-methyl/N-ethyl adjacent to an activating group) is 1. The maximum absolute atomic E-state index is 3.80. The molecule has 3 rings (SSSR count). The molecule has 1 aromatic carbocycles. The number of nitrogens with one attached hydrogen (secondary N) is 1. The van der Waals surface area contributed by atoms with Gasteiger partial charge in [-0.15, -0.1) is 0 Å². The van der Waals surface area contributed by atoms with E-state index in [4.69, 9.17) is 0 Å². The molecule has 1 fully saturated rings. The predicted molar refractivity (Wildman–Crippen MR) is 75.9 cm³/mol. The fourth-order valence-corrected chi connectivity index (χ4v) is 3.45. The number of likely N-dealkylation sites (tertiary alicyclic amines) is 1. The Morgan fingerprint density at radius 2 is 2.22 bits per heavy atom. The van der Waals surface area contributed by atoms with Gasteiger partial charge in [0.1, 0.15) is 0 Å².